The third kappa shape index (κ3) is 5.88. The molecule has 218 valence electrons. The lowest BCUT2D eigenvalue weighted by Gasteiger charge is -2.38. The molecule has 12 nitrogen and oxygen atoms in total. The minimum Gasteiger partial charge on any atom is -0.488 e. The van der Waals surface area contributed by atoms with E-state index in [1.807, 2.05) is 6.92 Å². The Labute approximate surface area is 237 Å². The van der Waals surface area contributed by atoms with Gasteiger partial charge >= 0.3 is 0 Å². The molecular weight excluding hydrogens is 580 g/mol. The first kappa shape index (κ1) is 30.0. The number of carbonyl (C=O) groups excluding carboxylic acids is 1. The van der Waals surface area contributed by atoms with Gasteiger partial charge in [0.05, 0.1) is 24.8 Å². The van der Waals surface area contributed by atoms with Crippen LogP contribution in [0.5, 0.6) is 5.75 Å². The summed E-state index contributed by atoms with van der Waals surface area (Å²) in [5, 5.41) is 15.3. The number of hydrogen-bond acceptors (Lipinski definition) is 10. The minimum absolute atomic E-state index is 0.00317. The number of rotatable bonds is 9. The Hall–Kier alpha value is -2.98. The normalized spacial score (nSPS) is 19.1. The smallest absolute Gasteiger partial charge is 0.267 e. The van der Waals surface area contributed by atoms with Crippen molar-refractivity contribution in [2.24, 2.45) is 5.92 Å². The average molecular weight is 613 g/mol. The highest BCUT2D eigenvalue weighted by atomic mass is 32.2. The largest absolute Gasteiger partial charge is 0.488 e. The lowest BCUT2D eigenvalue weighted by Crippen LogP contribution is -2.50. The number of hydrogen-bond donors (Lipinski definition) is 2. The van der Waals surface area contributed by atoms with Crippen LogP contribution in [0.25, 0.3) is 0 Å². The second-order valence-corrected chi connectivity index (χ2v) is 14.6. The molecule has 1 aromatic carbocycles. The van der Waals surface area contributed by atoms with Gasteiger partial charge in [-0.2, -0.15) is 4.31 Å². The molecule has 0 unspecified atom stereocenters. The second kappa shape index (κ2) is 11.5. The first-order valence-electron chi connectivity index (χ1n) is 12.4. The Morgan fingerprint density at radius 1 is 1.25 bits per heavy atom. The predicted molar refractivity (Wildman–Crippen MR) is 149 cm³/mol. The van der Waals surface area contributed by atoms with E-state index in [2.05, 4.69) is 9.88 Å². The van der Waals surface area contributed by atoms with Crippen molar-refractivity contribution < 1.29 is 36.0 Å². The highest BCUT2D eigenvalue weighted by molar-refractivity contribution is 7.92. The SMILES string of the molecule is Cc1noc(C)c1S(=O)(=O)Nc1ccc2c(c1)C(=O)N([C@@H](C)CO)C[C@H](C)[C@H](CN(C)S(=O)(=O)c1cccs1)O2. The molecule has 0 saturated carbocycles. The van der Waals surface area contributed by atoms with Crippen LogP contribution in [0.2, 0.25) is 0 Å². The van der Waals surface area contributed by atoms with Crippen molar-refractivity contribution in [2.75, 3.05) is 31.5 Å². The summed E-state index contributed by atoms with van der Waals surface area (Å²) < 4.78 is 67.4. The number of anilines is 1. The van der Waals surface area contributed by atoms with Gasteiger partial charge in [-0.15, -0.1) is 11.3 Å². The fourth-order valence-electron chi connectivity index (χ4n) is 4.48. The Morgan fingerprint density at radius 3 is 2.58 bits per heavy atom. The number of aromatic nitrogens is 1. The van der Waals surface area contributed by atoms with Gasteiger partial charge in [0.2, 0.25) is 0 Å². The number of nitrogens with zero attached hydrogens (tertiary/aromatic N) is 3. The molecule has 0 aliphatic carbocycles. The summed E-state index contributed by atoms with van der Waals surface area (Å²) in [5.74, 6) is -0.486. The molecule has 1 amide bonds. The molecule has 2 aromatic heterocycles. The summed E-state index contributed by atoms with van der Waals surface area (Å²) in [6, 6.07) is 6.92. The molecule has 0 spiro atoms. The highest BCUT2D eigenvalue weighted by Crippen LogP contribution is 2.32. The number of likely N-dealkylation sites (N-methyl/N-ethyl adjacent to an activating group) is 1. The number of sulfonamides is 2. The van der Waals surface area contributed by atoms with Crippen molar-refractivity contribution in [1.82, 2.24) is 14.4 Å². The fourth-order valence-corrected chi connectivity index (χ4v) is 8.25. The molecule has 3 heterocycles. The second-order valence-electron chi connectivity index (χ2n) is 9.81. The van der Waals surface area contributed by atoms with Gasteiger partial charge in [-0.05, 0) is 50.4 Å². The van der Waals surface area contributed by atoms with Crippen LogP contribution in [-0.2, 0) is 20.0 Å². The van der Waals surface area contributed by atoms with E-state index >= 15 is 0 Å². The first-order valence-corrected chi connectivity index (χ1v) is 16.2. The molecule has 0 fully saturated rings. The zero-order valence-corrected chi connectivity index (χ0v) is 25.1. The molecule has 0 saturated heterocycles. The summed E-state index contributed by atoms with van der Waals surface area (Å²) in [6.45, 7) is 6.40. The van der Waals surface area contributed by atoms with Gasteiger partial charge in [0, 0.05) is 25.2 Å². The number of thiophene rings is 1. The maximum absolute atomic E-state index is 13.7. The van der Waals surface area contributed by atoms with E-state index in [-0.39, 0.29) is 63.2 Å². The number of aryl methyl sites for hydroxylation is 2. The Balaban J connectivity index is 1.70. The standard InChI is InChI=1S/C25H32N4O8S3/c1-15-12-29(16(2)14-30)25(31)20-11-19(27-39(32,33)24-17(3)26-37-18(24)4)8-9-21(20)36-22(15)13-28(5)40(34,35)23-7-6-10-38-23/h6-11,15-16,22,27,30H,12-14H2,1-5H3/t15-,16-,22-/m0/s1. The molecule has 4 rings (SSSR count). The lowest BCUT2D eigenvalue weighted by atomic mass is 9.99. The zero-order chi connectivity index (χ0) is 29.4. The van der Waals surface area contributed by atoms with Crippen molar-refractivity contribution in [3.63, 3.8) is 0 Å². The fraction of sp³-hybridized carbons (Fsp3) is 0.440. The first-order chi connectivity index (χ1) is 18.8. The predicted octanol–water partition coefficient (Wildman–Crippen LogP) is 2.69. The third-order valence-electron chi connectivity index (χ3n) is 6.75. The average Bonchev–Trinajstić information content (AvgIpc) is 3.56. The number of aliphatic hydroxyl groups is 1. The van der Waals surface area contributed by atoms with E-state index in [1.165, 1.54) is 54.4 Å². The van der Waals surface area contributed by atoms with E-state index < -0.39 is 38.1 Å². The minimum atomic E-state index is -4.08. The van der Waals surface area contributed by atoms with Crippen LogP contribution in [0.15, 0.2) is 49.3 Å². The number of fused-ring (bicyclic) bond motifs is 1. The number of ether oxygens (including phenoxy) is 1. The molecule has 3 atom stereocenters. The molecule has 3 aromatic rings. The Bertz CT molecular complexity index is 1570. The van der Waals surface area contributed by atoms with Crippen molar-refractivity contribution in [3.05, 3.63) is 52.7 Å². The maximum Gasteiger partial charge on any atom is 0.267 e. The molecule has 0 bridgehead atoms. The van der Waals surface area contributed by atoms with Crippen molar-refractivity contribution in [1.29, 1.82) is 0 Å². The number of aliphatic hydroxyl groups excluding tert-OH is 1. The van der Waals surface area contributed by atoms with Gasteiger partial charge in [0.1, 0.15) is 21.8 Å². The summed E-state index contributed by atoms with van der Waals surface area (Å²) >= 11 is 1.11. The van der Waals surface area contributed by atoms with Crippen LogP contribution in [0.1, 0.15) is 35.7 Å². The lowest BCUT2D eigenvalue weighted by molar-refractivity contribution is 0.0387. The summed E-state index contributed by atoms with van der Waals surface area (Å²) in [6.07, 6.45) is -0.662. The molecule has 15 heteroatoms. The number of nitrogens with one attached hydrogen (secondary N) is 1. The van der Waals surface area contributed by atoms with Crippen LogP contribution in [0.4, 0.5) is 5.69 Å². The van der Waals surface area contributed by atoms with Crippen LogP contribution >= 0.6 is 11.3 Å². The van der Waals surface area contributed by atoms with Crippen LogP contribution in [0, 0.1) is 19.8 Å². The van der Waals surface area contributed by atoms with E-state index in [0.29, 0.717) is 0 Å². The van der Waals surface area contributed by atoms with Crippen molar-refractivity contribution >= 4 is 43.0 Å². The monoisotopic (exact) mass is 612 g/mol. The van der Waals surface area contributed by atoms with Crippen LogP contribution < -0.4 is 9.46 Å². The van der Waals surface area contributed by atoms with E-state index in [0.717, 1.165) is 11.3 Å². The summed E-state index contributed by atoms with van der Waals surface area (Å²) in [4.78, 5) is 15.1. The van der Waals surface area contributed by atoms with Crippen LogP contribution in [0.3, 0.4) is 0 Å². The van der Waals surface area contributed by atoms with Gasteiger partial charge in [-0.3, -0.25) is 9.52 Å². The quantitative estimate of drug-likeness (QED) is 0.370. The summed E-state index contributed by atoms with van der Waals surface area (Å²) in [7, 11) is -6.37. The molecule has 1 aliphatic heterocycles. The third-order valence-corrected chi connectivity index (χ3v) is 11.6. The molecule has 0 radical (unpaired) electrons. The van der Waals surface area contributed by atoms with Crippen LogP contribution in [-0.4, -0.2) is 81.1 Å². The highest BCUT2D eigenvalue weighted by Gasteiger charge is 2.36. The summed E-state index contributed by atoms with van der Waals surface area (Å²) in [5.41, 5.74) is 0.367. The van der Waals surface area contributed by atoms with Gasteiger partial charge in [0.15, 0.2) is 10.7 Å². The van der Waals surface area contributed by atoms with E-state index in [1.54, 1.807) is 18.4 Å². The Kier molecular flexibility index (Phi) is 8.61. The maximum atomic E-state index is 13.7. The Morgan fingerprint density at radius 2 is 1.98 bits per heavy atom. The molecule has 2 N–H and O–H groups in total. The van der Waals surface area contributed by atoms with Crippen molar-refractivity contribution in [3.8, 4) is 5.75 Å². The number of benzene rings is 1. The van der Waals surface area contributed by atoms with Gasteiger partial charge < -0.3 is 19.3 Å². The van der Waals surface area contributed by atoms with Crippen molar-refractivity contribution in [2.45, 2.75) is 48.9 Å². The molecular formula is C25H32N4O8S3. The van der Waals surface area contributed by atoms with E-state index in [9.17, 15) is 26.7 Å². The number of carbonyl (C=O) groups is 1. The van der Waals surface area contributed by atoms with Gasteiger partial charge in [0.25, 0.3) is 26.0 Å². The van der Waals surface area contributed by atoms with Gasteiger partial charge in [-0.25, -0.2) is 16.8 Å². The van der Waals surface area contributed by atoms with E-state index in [4.69, 9.17) is 9.26 Å². The van der Waals surface area contributed by atoms with Gasteiger partial charge in [-0.1, -0.05) is 18.1 Å². The topological polar surface area (TPSA) is 159 Å². The number of amides is 1. The molecule has 1 aliphatic rings. The molecule has 40 heavy (non-hydrogen) atoms. The zero-order valence-electron chi connectivity index (χ0n) is 22.7.